The number of carbonyl (C=O) groups excluding carboxylic acids is 2. The van der Waals surface area contributed by atoms with Crippen LogP contribution in [0.2, 0.25) is 0 Å². The Labute approximate surface area is 186 Å². The van der Waals surface area contributed by atoms with E-state index in [1.807, 2.05) is 73.8 Å². The van der Waals surface area contributed by atoms with Gasteiger partial charge in [-0.05, 0) is 43.5 Å². The number of hydrogen-bond acceptors (Lipinski definition) is 5. The quantitative estimate of drug-likeness (QED) is 0.470. The molecule has 3 aromatic rings. The number of aryl methyl sites for hydroxylation is 1. The summed E-state index contributed by atoms with van der Waals surface area (Å²) in [6.07, 6.45) is 0.658. The molecule has 0 bridgehead atoms. The first-order valence-corrected chi connectivity index (χ1v) is 11.2. The van der Waals surface area contributed by atoms with Crippen LogP contribution in [-0.4, -0.2) is 48.0 Å². The number of anilines is 1. The van der Waals surface area contributed by atoms with Crippen molar-refractivity contribution in [1.29, 1.82) is 0 Å². The van der Waals surface area contributed by atoms with Gasteiger partial charge in [-0.2, -0.15) is 0 Å². The molecule has 0 radical (unpaired) electrons. The van der Waals surface area contributed by atoms with Crippen LogP contribution in [0.5, 0.6) is 0 Å². The first-order chi connectivity index (χ1) is 15.1. The van der Waals surface area contributed by atoms with Crippen molar-refractivity contribution in [2.24, 2.45) is 0 Å². The average Bonchev–Trinajstić information content (AvgIpc) is 3.20. The highest BCUT2D eigenvalue weighted by molar-refractivity contribution is 7.13. The minimum Gasteiger partial charge on any atom is -0.382 e. The highest BCUT2D eigenvalue weighted by Gasteiger charge is 2.19. The number of benzene rings is 2. The van der Waals surface area contributed by atoms with Crippen molar-refractivity contribution in [1.82, 2.24) is 9.88 Å². The molecule has 31 heavy (non-hydrogen) atoms. The topological polar surface area (TPSA) is 71.5 Å². The molecule has 0 aliphatic rings. The summed E-state index contributed by atoms with van der Waals surface area (Å²) in [7, 11) is 0. The van der Waals surface area contributed by atoms with Gasteiger partial charge >= 0.3 is 0 Å². The Morgan fingerprint density at radius 1 is 1.06 bits per heavy atom. The average molecular weight is 438 g/mol. The van der Waals surface area contributed by atoms with Gasteiger partial charge in [0.15, 0.2) is 5.13 Å². The lowest BCUT2D eigenvalue weighted by atomic mass is 10.0. The van der Waals surface area contributed by atoms with Gasteiger partial charge < -0.3 is 15.0 Å². The largest absolute Gasteiger partial charge is 0.382 e. The van der Waals surface area contributed by atoms with Gasteiger partial charge in [-0.25, -0.2) is 4.98 Å². The first-order valence-electron chi connectivity index (χ1n) is 10.3. The fourth-order valence-electron chi connectivity index (χ4n) is 3.12. The molecular formula is C24H27N3O3S. The zero-order valence-corrected chi connectivity index (χ0v) is 18.7. The predicted octanol–water partition coefficient (Wildman–Crippen LogP) is 4.63. The lowest BCUT2D eigenvalue weighted by Crippen LogP contribution is -2.39. The van der Waals surface area contributed by atoms with Crippen molar-refractivity contribution in [3.05, 3.63) is 71.2 Å². The predicted molar refractivity (Wildman–Crippen MR) is 124 cm³/mol. The smallest absolute Gasteiger partial charge is 0.254 e. The van der Waals surface area contributed by atoms with Crippen LogP contribution in [0.15, 0.2) is 60.0 Å². The van der Waals surface area contributed by atoms with Gasteiger partial charge in [-0.3, -0.25) is 9.59 Å². The Bertz CT molecular complexity index is 987. The van der Waals surface area contributed by atoms with E-state index in [1.165, 1.54) is 11.3 Å². The lowest BCUT2D eigenvalue weighted by molar-refractivity contribution is -0.116. The maximum Gasteiger partial charge on any atom is 0.254 e. The Morgan fingerprint density at radius 2 is 1.77 bits per heavy atom. The van der Waals surface area contributed by atoms with Crippen LogP contribution >= 0.6 is 11.3 Å². The number of nitrogens with zero attached hydrogens (tertiary/aromatic N) is 2. The molecule has 2 aromatic carbocycles. The standard InChI is InChI=1S/C24H27N3O3S/c1-3-30-15-7-14-27(16-22(28)26-24-25-18(2)17-31-24)23(29)21-12-10-20(11-13-21)19-8-5-4-6-9-19/h4-6,8-13,17H,3,7,14-16H2,1-2H3,(H,25,26,28). The van der Waals surface area contributed by atoms with E-state index in [1.54, 1.807) is 4.90 Å². The first kappa shape index (κ1) is 22.7. The number of carbonyl (C=O) groups is 2. The monoisotopic (exact) mass is 437 g/mol. The molecule has 0 atom stereocenters. The Balaban J connectivity index is 1.69. The molecule has 0 spiro atoms. The fraction of sp³-hybridized carbons (Fsp3) is 0.292. The number of nitrogens with one attached hydrogen (secondary N) is 1. The van der Waals surface area contributed by atoms with E-state index >= 15 is 0 Å². The molecule has 1 heterocycles. The van der Waals surface area contributed by atoms with Crippen molar-refractivity contribution >= 4 is 28.3 Å². The Hall–Kier alpha value is -3.03. The third-order valence-corrected chi connectivity index (χ3v) is 5.52. The van der Waals surface area contributed by atoms with E-state index in [9.17, 15) is 9.59 Å². The third kappa shape index (κ3) is 6.73. The second kappa shape index (κ2) is 11.4. The summed E-state index contributed by atoms with van der Waals surface area (Å²) < 4.78 is 5.39. The molecule has 0 saturated carbocycles. The molecule has 1 N–H and O–H groups in total. The maximum absolute atomic E-state index is 13.1. The summed E-state index contributed by atoms with van der Waals surface area (Å²) in [4.78, 5) is 31.5. The molecule has 0 saturated heterocycles. The molecule has 2 amide bonds. The van der Waals surface area contributed by atoms with Gasteiger partial charge in [0.1, 0.15) is 6.54 Å². The van der Waals surface area contributed by atoms with Gasteiger partial charge in [-0.15, -0.1) is 11.3 Å². The number of aromatic nitrogens is 1. The summed E-state index contributed by atoms with van der Waals surface area (Å²) in [6.45, 7) is 5.36. The lowest BCUT2D eigenvalue weighted by Gasteiger charge is -2.22. The molecule has 162 valence electrons. The van der Waals surface area contributed by atoms with Gasteiger partial charge in [0.05, 0.1) is 5.69 Å². The van der Waals surface area contributed by atoms with Crippen LogP contribution in [0, 0.1) is 6.92 Å². The molecule has 3 rings (SSSR count). The fourth-order valence-corrected chi connectivity index (χ4v) is 3.82. The summed E-state index contributed by atoms with van der Waals surface area (Å²) in [5.74, 6) is -0.443. The van der Waals surface area contributed by atoms with E-state index in [2.05, 4.69) is 10.3 Å². The normalized spacial score (nSPS) is 10.6. The molecule has 1 aromatic heterocycles. The van der Waals surface area contributed by atoms with E-state index in [0.717, 1.165) is 16.8 Å². The van der Waals surface area contributed by atoms with Gasteiger partial charge in [-0.1, -0.05) is 42.5 Å². The van der Waals surface area contributed by atoms with E-state index in [-0.39, 0.29) is 18.4 Å². The van der Waals surface area contributed by atoms with Crippen molar-refractivity contribution in [2.45, 2.75) is 20.3 Å². The minimum atomic E-state index is -0.264. The second-order valence-corrected chi connectivity index (χ2v) is 7.92. The van der Waals surface area contributed by atoms with Crippen molar-refractivity contribution in [3.8, 4) is 11.1 Å². The van der Waals surface area contributed by atoms with Gasteiger partial charge in [0.25, 0.3) is 5.91 Å². The number of hydrogen-bond donors (Lipinski definition) is 1. The van der Waals surface area contributed by atoms with Crippen molar-refractivity contribution < 1.29 is 14.3 Å². The van der Waals surface area contributed by atoms with Crippen molar-refractivity contribution in [2.75, 3.05) is 31.6 Å². The SMILES string of the molecule is CCOCCCN(CC(=O)Nc1nc(C)cs1)C(=O)c1ccc(-c2ccccc2)cc1. The number of rotatable bonds is 10. The van der Waals surface area contributed by atoms with Crippen LogP contribution in [0.1, 0.15) is 29.4 Å². The molecule has 0 aliphatic carbocycles. The van der Waals surface area contributed by atoms with E-state index in [4.69, 9.17) is 4.74 Å². The van der Waals surface area contributed by atoms with Gasteiger partial charge in [0.2, 0.25) is 5.91 Å². The van der Waals surface area contributed by atoms with E-state index < -0.39 is 0 Å². The minimum absolute atomic E-state index is 0.0377. The molecule has 0 fully saturated rings. The summed E-state index contributed by atoms with van der Waals surface area (Å²) >= 11 is 1.37. The Kier molecular flexibility index (Phi) is 8.32. The second-order valence-electron chi connectivity index (χ2n) is 7.06. The molecular weight excluding hydrogens is 410 g/mol. The number of ether oxygens (including phenoxy) is 1. The van der Waals surface area contributed by atoms with Crippen LogP contribution in [0.3, 0.4) is 0 Å². The summed E-state index contributed by atoms with van der Waals surface area (Å²) in [5, 5.41) is 5.18. The van der Waals surface area contributed by atoms with E-state index in [0.29, 0.717) is 36.9 Å². The zero-order chi connectivity index (χ0) is 22.1. The van der Waals surface area contributed by atoms with Crippen LogP contribution in [0.25, 0.3) is 11.1 Å². The maximum atomic E-state index is 13.1. The summed E-state index contributed by atoms with van der Waals surface area (Å²) in [5.41, 5.74) is 3.53. The molecule has 7 heteroatoms. The van der Waals surface area contributed by atoms with Crippen LogP contribution in [-0.2, 0) is 9.53 Å². The third-order valence-electron chi connectivity index (χ3n) is 4.65. The number of thiazole rings is 1. The number of amides is 2. The Morgan fingerprint density at radius 3 is 2.42 bits per heavy atom. The molecule has 6 nitrogen and oxygen atoms in total. The molecule has 0 aliphatic heterocycles. The van der Waals surface area contributed by atoms with Crippen LogP contribution in [0.4, 0.5) is 5.13 Å². The van der Waals surface area contributed by atoms with Gasteiger partial charge in [0, 0.05) is 30.7 Å². The highest BCUT2D eigenvalue weighted by Crippen LogP contribution is 2.20. The highest BCUT2D eigenvalue weighted by atomic mass is 32.1. The van der Waals surface area contributed by atoms with Crippen LogP contribution < -0.4 is 5.32 Å². The zero-order valence-electron chi connectivity index (χ0n) is 17.8. The van der Waals surface area contributed by atoms with Crippen molar-refractivity contribution in [3.63, 3.8) is 0 Å². The summed E-state index contributed by atoms with van der Waals surface area (Å²) in [6, 6.07) is 17.5. The molecule has 0 unspecified atom stereocenters.